The zero-order valence-electron chi connectivity index (χ0n) is 15.1. The lowest BCUT2D eigenvalue weighted by Gasteiger charge is -2.16. The van der Waals surface area contributed by atoms with E-state index in [1.165, 1.54) is 24.2 Å². The molecule has 3 aromatic rings. The second kappa shape index (κ2) is 7.80. The molecule has 0 radical (unpaired) electrons. The molecule has 4 rings (SSSR count). The average Bonchev–Trinajstić information content (AvgIpc) is 3.39. The van der Waals surface area contributed by atoms with Crippen LogP contribution in [0.15, 0.2) is 54.7 Å². The van der Waals surface area contributed by atoms with Crippen LogP contribution in [0.25, 0.3) is 10.4 Å². The fraction of sp³-hybridized carbons (Fsp3) is 0.238. The molecule has 3 heterocycles. The van der Waals surface area contributed by atoms with Crippen LogP contribution in [-0.2, 0) is 0 Å². The van der Waals surface area contributed by atoms with Crippen molar-refractivity contribution in [2.24, 2.45) is 0 Å². The van der Waals surface area contributed by atoms with E-state index >= 15 is 0 Å². The monoisotopic (exact) mass is 379 g/mol. The topological polar surface area (TPSA) is 54.5 Å². The first kappa shape index (κ1) is 17.5. The normalized spacial score (nSPS) is 13.6. The summed E-state index contributed by atoms with van der Waals surface area (Å²) in [5.41, 5.74) is 1.75. The maximum absolute atomic E-state index is 12.8. The molecule has 0 atom stereocenters. The molecule has 6 heteroatoms. The van der Waals surface area contributed by atoms with Crippen LogP contribution in [0.3, 0.4) is 0 Å². The average molecular weight is 379 g/mol. The first-order valence-electron chi connectivity index (χ1n) is 9.00. The molecule has 1 aromatic carbocycles. The van der Waals surface area contributed by atoms with Crippen molar-refractivity contribution in [1.82, 2.24) is 4.98 Å². The summed E-state index contributed by atoms with van der Waals surface area (Å²) in [5, 5.41) is 2.93. The molecule has 0 bridgehead atoms. The standard InChI is InChI=1S/C21H21N3O2S/c1-26-17-13-18(15-7-3-2-4-8-15)27-20(17)21(25)23-16-9-10-19(22-14-16)24-11-5-6-12-24/h2-4,7-10,13-14H,5-6,11-12H2,1H3,(H,23,25). The van der Waals surface area contributed by atoms with Crippen LogP contribution in [0.1, 0.15) is 22.5 Å². The number of aromatic nitrogens is 1. The van der Waals surface area contributed by atoms with E-state index in [2.05, 4.69) is 15.2 Å². The lowest BCUT2D eigenvalue weighted by Crippen LogP contribution is -2.19. The Bertz CT molecular complexity index is 916. The van der Waals surface area contributed by atoms with Gasteiger partial charge < -0.3 is 15.0 Å². The van der Waals surface area contributed by atoms with Crippen LogP contribution < -0.4 is 15.0 Å². The molecule has 1 fully saturated rings. The van der Waals surface area contributed by atoms with Crippen LogP contribution in [0.5, 0.6) is 5.75 Å². The highest BCUT2D eigenvalue weighted by molar-refractivity contribution is 7.17. The first-order valence-corrected chi connectivity index (χ1v) is 9.82. The van der Waals surface area contributed by atoms with E-state index in [1.54, 1.807) is 13.3 Å². The van der Waals surface area contributed by atoms with Crippen molar-refractivity contribution >= 4 is 28.7 Å². The Morgan fingerprint density at radius 3 is 2.59 bits per heavy atom. The summed E-state index contributed by atoms with van der Waals surface area (Å²) < 4.78 is 5.42. The van der Waals surface area contributed by atoms with Crippen molar-refractivity contribution in [3.05, 3.63) is 59.6 Å². The second-order valence-electron chi connectivity index (χ2n) is 6.43. The van der Waals surface area contributed by atoms with Crippen molar-refractivity contribution in [1.29, 1.82) is 0 Å². The van der Waals surface area contributed by atoms with Crippen LogP contribution in [0, 0.1) is 0 Å². The summed E-state index contributed by atoms with van der Waals surface area (Å²) in [6, 6.07) is 15.7. The first-order chi connectivity index (χ1) is 13.2. The SMILES string of the molecule is COc1cc(-c2ccccc2)sc1C(=O)Nc1ccc(N2CCCC2)nc1. The van der Waals surface area contributed by atoms with Crippen LogP contribution >= 0.6 is 11.3 Å². The fourth-order valence-corrected chi connectivity index (χ4v) is 4.24. The predicted molar refractivity (Wildman–Crippen MR) is 110 cm³/mol. The Kier molecular flexibility index (Phi) is 5.07. The molecule has 0 unspecified atom stereocenters. The van der Waals surface area contributed by atoms with E-state index < -0.39 is 0 Å². The molecule has 5 nitrogen and oxygen atoms in total. The molecule has 1 saturated heterocycles. The van der Waals surface area contributed by atoms with E-state index in [4.69, 9.17) is 4.74 Å². The molecular weight excluding hydrogens is 358 g/mol. The maximum Gasteiger partial charge on any atom is 0.269 e. The Hall–Kier alpha value is -2.86. The molecule has 1 aliphatic heterocycles. The Morgan fingerprint density at radius 2 is 1.93 bits per heavy atom. The van der Waals surface area contributed by atoms with E-state index in [9.17, 15) is 4.79 Å². The van der Waals surface area contributed by atoms with Crippen molar-refractivity contribution in [3.63, 3.8) is 0 Å². The summed E-state index contributed by atoms with van der Waals surface area (Å²) in [4.78, 5) is 21.1. The van der Waals surface area contributed by atoms with E-state index in [0.717, 1.165) is 29.3 Å². The summed E-state index contributed by atoms with van der Waals surface area (Å²) >= 11 is 1.42. The molecule has 0 aliphatic carbocycles. The third-order valence-corrected chi connectivity index (χ3v) is 5.78. The molecule has 1 aliphatic rings. The van der Waals surface area contributed by atoms with E-state index in [1.807, 2.05) is 48.5 Å². The smallest absolute Gasteiger partial charge is 0.269 e. The predicted octanol–water partition coefficient (Wildman–Crippen LogP) is 4.67. The highest BCUT2D eigenvalue weighted by atomic mass is 32.1. The molecule has 27 heavy (non-hydrogen) atoms. The minimum Gasteiger partial charge on any atom is -0.495 e. The van der Waals surface area contributed by atoms with Gasteiger partial charge in [-0.3, -0.25) is 4.79 Å². The number of rotatable bonds is 5. The highest BCUT2D eigenvalue weighted by Crippen LogP contribution is 2.36. The van der Waals surface area contributed by atoms with Gasteiger partial charge in [0.2, 0.25) is 0 Å². The number of benzene rings is 1. The molecule has 138 valence electrons. The van der Waals surface area contributed by atoms with Crippen molar-refractivity contribution in [2.75, 3.05) is 30.4 Å². The molecule has 1 amide bonds. The van der Waals surface area contributed by atoms with Crippen LogP contribution in [0.2, 0.25) is 0 Å². The number of hydrogen-bond donors (Lipinski definition) is 1. The van der Waals surface area contributed by atoms with Gasteiger partial charge >= 0.3 is 0 Å². The zero-order chi connectivity index (χ0) is 18.6. The van der Waals surface area contributed by atoms with E-state index in [0.29, 0.717) is 16.3 Å². The molecule has 0 saturated carbocycles. The van der Waals surface area contributed by atoms with Gasteiger partial charge in [0.05, 0.1) is 19.0 Å². The number of pyridine rings is 1. The minimum atomic E-state index is -0.185. The number of nitrogens with zero attached hydrogens (tertiary/aromatic N) is 2. The van der Waals surface area contributed by atoms with Gasteiger partial charge in [-0.2, -0.15) is 0 Å². The zero-order valence-corrected chi connectivity index (χ0v) is 16.0. The minimum absolute atomic E-state index is 0.185. The number of anilines is 2. The number of carbonyl (C=O) groups is 1. The second-order valence-corrected chi connectivity index (χ2v) is 7.48. The number of thiophene rings is 1. The van der Waals surface area contributed by atoms with Crippen LogP contribution in [-0.4, -0.2) is 31.1 Å². The quantitative estimate of drug-likeness (QED) is 0.700. The number of hydrogen-bond acceptors (Lipinski definition) is 5. The third-order valence-electron chi connectivity index (χ3n) is 4.62. The number of methoxy groups -OCH3 is 1. The van der Waals surface area contributed by atoms with Gasteiger partial charge in [-0.15, -0.1) is 11.3 Å². The maximum atomic E-state index is 12.8. The third kappa shape index (κ3) is 3.80. The summed E-state index contributed by atoms with van der Waals surface area (Å²) in [6.45, 7) is 2.10. The van der Waals surface area contributed by atoms with Gasteiger partial charge in [0.25, 0.3) is 5.91 Å². The van der Waals surface area contributed by atoms with Gasteiger partial charge in [-0.05, 0) is 36.6 Å². The van der Waals surface area contributed by atoms with Gasteiger partial charge in [0.1, 0.15) is 16.4 Å². The van der Waals surface area contributed by atoms with Crippen LogP contribution in [0.4, 0.5) is 11.5 Å². The number of ether oxygens (including phenoxy) is 1. The summed E-state index contributed by atoms with van der Waals surface area (Å²) in [6.07, 6.45) is 4.13. The molecular formula is C21H21N3O2S. The Morgan fingerprint density at radius 1 is 1.15 bits per heavy atom. The summed E-state index contributed by atoms with van der Waals surface area (Å²) in [7, 11) is 1.58. The molecule has 2 aromatic heterocycles. The Labute approximate surface area is 162 Å². The van der Waals surface area contributed by atoms with E-state index in [-0.39, 0.29) is 5.91 Å². The molecule has 1 N–H and O–H groups in total. The number of amides is 1. The fourth-order valence-electron chi connectivity index (χ4n) is 3.21. The lowest BCUT2D eigenvalue weighted by molar-refractivity contribution is 0.102. The van der Waals surface area contributed by atoms with Gasteiger partial charge in [0, 0.05) is 18.0 Å². The summed E-state index contributed by atoms with van der Waals surface area (Å²) in [5.74, 6) is 1.36. The number of carbonyl (C=O) groups excluding carboxylic acids is 1. The largest absolute Gasteiger partial charge is 0.495 e. The van der Waals surface area contributed by atoms with Crippen molar-refractivity contribution < 1.29 is 9.53 Å². The van der Waals surface area contributed by atoms with Gasteiger partial charge in [-0.1, -0.05) is 30.3 Å². The molecule has 0 spiro atoms. The Balaban J connectivity index is 1.51. The number of nitrogens with one attached hydrogen (secondary N) is 1. The van der Waals surface area contributed by atoms with Gasteiger partial charge in [0.15, 0.2) is 0 Å². The van der Waals surface area contributed by atoms with Gasteiger partial charge in [-0.25, -0.2) is 4.98 Å². The van der Waals surface area contributed by atoms with Crippen molar-refractivity contribution in [2.45, 2.75) is 12.8 Å². The lowest BCUT2D eigenvalue weighted by atomic mass is 10.2. The van der Waals surface area contributed by atoms with Crippen molar-refractivity contribution in [3.8, 4) is 16.2 Å². The highest BCUT2D eigenvalue weighted by Gasteiger charge is 2.19.